The van der Waals surface area contributed by atoms with Crippen molar-refractivity contribution in [3.8, 4) is 5.75 Å². The zero-order valence-electron chi connectivity index (χ0n) is 18.0. The summed E-state index contributed by atoms with van der Waals surface area (Å²) in [5.41, 5.74) is 3.29. The molecule has 0 aromatic heterocycles. The largest absolute Gasteiger partial charge is 0.496 e. The van der Waals surface area contributed by atoms with E-state index >= 15 is 0 Å². The van der Waals surface area contributed by atoms with Crippen LogP contribution in [0.1, 0.15) is 46.4 Å². The summed E-state index contributed by atoms with van der Waals surface area (Å²) in [6, 6.07) is 13.8. The Kier molecular flexibility index (Phi) is 7.22. The lowest BCUT2D eigenvalue weighted by Crippen LogP contribution is -2.60. The Hall–Kier alpha value is -1.59. The van der Waals surface area contributed by atoms with Gasteiger partial charge in [-0.15, -0.1) is 23.2 Å². The van der Waals surface area contributed by atoms with Gasteiger partial charge in [-0.2, -0.15) is 0 Å². The average molecular weight is 461 g/mol. The number of carbonyl (C=O) groups excluding carboxylic acids is 1. The summed E-state index contributed by atoms with van der Waals surface area (Å²) >= 11 is 11.9. The van der Waals surface area contributed by atoms with Gasteiger partial charge in [-0.3, -0.25) is 10.1 Å². The van der Waals surface area contributed by atoms with E-state index < -0.39 is 10.4 Å². The third-order valence-corrected chi connectivity index (χ3v) is 7.10. The van der Waals surface area contributed by atoms with E-state index in [9.17, 15) is 4.79 Å². The third kappa shape index (κ3) is 4.78. The Morgan fingerprint density at radius 2 is 1.87 bits per heavy atom. The second-order valence-corrected chi connectivity index (χ2v) is 9.64. The molecule has 0 aliphatic carbocycles. The summed E-state index contributed by atoms with van der Waals surface area (Å²) in [5, 5.41) is 3.65. The maximum atomic E-state index is 14.0. The number of halogens is 2. The monoisotopic (exact) mass is 460 g/mol. The molecule has 0 saturated carbocycles. The van der Waals surface area contributed by atoms with Gasteiger partial charge in [-0.05, 0) is 55.1 Å². The number of hydrogen-bond acceptors (Lipinski definition) is 4. The summed E-state index contributed by atoms with van der Waals surface area (Å²) in [7, 11) is 1.70. The highest BCUT2D eigenvalue weighted by molar-refractivity contribution is 6.44. The fourth-order valence-electron chi connectivity index (χ4n) is 4.96. The minimum Gasteiger partial charge on any atom is -0.496 e. The number of hydrogen-bond donors (Lipinski definition) is 1. The second kappa shape index (κ2) is 9.91. The number of carbonyl (C=O) groups is 1. The molecule has 6 heteroatoms. The van der Waals surface area contributed by atoms with Crippen LogP contribution in [0, 0.1) is 0 Å². The van der Waals surface area contributed by atoms with Crippen LogP contribution in [-0.4, -0.2) is 44.0 Å². The van der Waals surface area contributed by atoms with Gasteiger partial charge in [0.05, 0.1) is 7.11 Å². The third-order valence-electron chi connectivity index (χ3n) is 6.60. The summed E-state index contributed by atoms with van der Waals surface area (Å²) in [6.45, 7) is 3.52. The molecule has 1 saturated heterocycles. The highest BCUT2D eigenvalue weighted by atomic mass is 35.5. The lowest BCUT2D eigenvalue weighted by molar-refractivity contribution is -0.126. The van der Waals surface area contributed by atoms with Crippen LogP contribution in [0.2, 0.25) is 0 Å². The summed E-state index contributed by atoms with van der Waals surface area (Å²) in [5.74, 6) is 1.06. The lowest BCUT2D eigenvalue weighted by Gasteiger charge is -2.43. The van der Waals surface area contributed by atoms with Gasteiger partial charge in [0.15, 0.2) is 5.78 Å². The molecule has 2 aromatic rings. The first-order chi connectivity index (χ1) is 15.0. The van der Waals surface area contributed by atoms with Gasteiger partial charge in [0.1, 0.15) is 16.1 Å². The molecule has 0 radical (unpaired) electrons. The highest BCUT2D eigenvalue weighted by Gasteiger charge is 2.44. The predicted octanol–water partition coefficient (Wildman–Crippen LogP) is 4.81. The van der Waals surface area contributed by atoms with Crippen molar-refractivity contribution in [2.45, 2.75) is 42.5 Å². The topological polar surface area (TPSA) is 41.6 Å². The molecule has 1 N–H and O–H groups in total. The zero-order valence-corrected chi connectivity index (χ0v) is 19.5. The number of ether oxygens (including phenoxy) is 1. The molecule has 166 valence electrons. The number of nitrogens with zero attached hydrogens (tertiary/aromatic N) is 1. The molecule has 2 heterocycles. The Balaban J connectivity index is 1.69. The molecule has 4 rings (SSSR count). The maximum Gasteiger partial charge on any atom is 0.163 e. The minimum atomic E-state index is -0.736. The lowest BCUT2D eigenvalue weighted by atomic mass is 9.76. The van der Waals surface area contributed by atoms with Gasteiger partial charge in [0.2, 0.25) is 0 Å². The van der Waals surface area contributed by atoms with E-state index in [-0.39, 0.29) is 5.78 Å². The Bertz CT molecular complexity index is 910. The molecule has 0 amide bonds. The fourth-order valence-corrected chi connectivity index (χ4v) is 5.25. The standard InChI is InChI=1S/C25H30Cl2N2O2/c1-31-22-7-5-6-21-20(22)12-13-28-25(21,17-29-14-3-2-4-15-29)23(30)16-18-8-10-19(11-9-18)24(26)27/h5-11,24,28H,2-4,12-17H2,1H3. The molecule has 1 atom stereocenters. The number of fused-ring (bicyclic) bond motifs is 1. The average Bonchev–Trinajstić information content (AvgIpc) is 2.80. The van der Waals surface area contributed by atoms with Crippen LogP contribution in [-0.2, 0) is 23.2 Å². The van der Waals surface area contributed by atoms with E-state index in [0.717, 1.165) is 54.1 Å². The summed E-state index contributed by atoms with van der Waals surface area (Å²) < 4.78 is 5.65. The number of alkyl halides is 2. The van der Waals surface area contributed by atoms with Crippen LogP contribution < -0.4 is 10.1 Å². The molecule has 0 spiro atoms. The van der Waals surface area contributed by atoms with Gasteiger partial charge in [0, 0.05) is 25.1 Å². The zero-order chi connectivity index (χ0) is 21.8. The highest BCUT2D eigenvalue weighted by Crippen LogP contribution is 2.37. The van der Waals surface area contributed by atoms with Crippen LogP contribution in [0.4, 0.5) is 0 Å². The Morgan fingerprint density at radius 3 is 2.55 bits per heavy atom. The number of benzene rings is 2. The van der Waals surface area contributed by atoms with E-state index in [1.165, 1.54) is 19.3 Å². The molecule has 4 nitrogen and oxygen atoms in total. The van der Waals surface area contributed by atoms with Crippen molar-refractivity contribution in [3.05, 3.63) is 64.7 Å². The predicted molar refractivity (Wildman–Crippen MR) is 126 cm³/mol. The van der Waals surface area contributed by atoms with E-state index in [1.807, 2.05) is 36.4 Å². The van der Waals surface area contributed by atoms with Crippen LogP contribution >= 0.6 is 23.2 Å². The number of ketones is 1. The van der Waals surface area contributed by atoms with E-state index in [1.54, 1.807) is 7.11 Å². The summed E-state index contributed by atoms with van der Waals surface area (Å²) in [6.07, 6.45) is 4.86. The first-order valence-corrected chi connectivity index (χ1v) is 11.9. The molecule has 31 heavy (non-hydrogen) atoms. The maximum absolute atomic E-state index is 14.0. The number of rotatable bonds is 7. The number of piperidine rings is 1. The van der Waals surface area contributed by atoms with Crippen molar-refractivity contribution in [3.63, 3.8) is 0 Å². The summed E-state index contributed by atoms with van der Waals surface area (Å²) in [4.78, 5) is 15.8. The van der Waals surface area contributed by atoms with E-state index in [2.05, 4.69) is 16.3 Å². The van der Waals surface area contributed by atoms with E-state index in [4.69, 9.17) is 27.9 Å². The van der Waals surface area contributed by atoms with Crippen LogP contribution in [0.25, 0.3) is 0 Å². The molecule has 0 bridgehead atoms. The number of Topliss-reactive ketones (excluding diaryl/α,β-unsaturated/α-hetero) is 1. The Labute approximate surface area is 194 Å². The van der Waals surface area contributed by atoms with Crippen molar-refractivity contribution in [2.24, 2.45) is 0 Å². The van der Waals surface area contributed by atoms with Crippen molar-refractivity contribution >= 4 is 29.0 Å². The van der Waals surface area contributed by atoms with Gasteiger partial charge >= 0.3 is 0 Å². The second-order valence-electron chi connectivity index (χ2n) is 8.55. The molecule has 1 fully saturated rings. The van der Waals surface area contributed by atoms with Gasteiger partial charge in [-0.1, -0.05) is 42.8 Å². The molecular formula is C25H30Cl2N2O2. The van der Waals surface area contributed by atoms with Crippen LogP contribution in [0.5, 0.6) is 5.75 Å². The van der Waals surface area contributed by atoms with E-state index in [0.29, 0.717) is 13.0 Å². The van der Waals surface area contributed by atoms with Crippen molar-refractivity contribution < 1.29 is 9.53 Å². The first-order valence-electron chi connectivity index (χ1n) is 11.1. The molecular weight excluding hydrogens is 431 g/mol. The van der Waals surface area contributed by atoms with Crippen molar-refractivity contribution in [2.75, 3.05) is 33.3 Å². The van der Waals surface area contributed by atoms with Crippen molar-refractivity contribution in [1.82, 2.24) is 10.2 Å². The van der Waals surface area contributed by atoms with Gasteiger partial charge in [-0.25, -0.2) is 0 Å². The molecule has 1 unspecified atom stereocenters. The van der Waals surface area contributed by atoms with Crippen molar-refractivity contribution in [1.29, 1.82) is 0 Å². The minimum absolute atomic E-state index is 0.188. The number of nitrogens with one attached hydrogen (secondary N) is 1. The van der Waals surface area contributed by atoms with Gasteiger partial charge < -0.3 is 9.64 Å². The normalized spacial score (nSPS) is 21.7. The number of likely N-dealkylation sites (tertiary alicyclic amines) is 1. The molecule has 2 aliphatic heterocycles. The quantitative estimate of drug-likeness (QED) is 0.601. The SMILES string of the molecule is COc1cccc2c1CCNC2(CN1CCCCC1)C(=O)Cc1ccc(C(Cl)Cl)cc1. The number of methoxy groups -OCH3 is 1. The first kappa shape index (κ1) is 22.6. The van der Waals surface area contributed by atoms with Gasteiger partial charge in [0.25, 0.3) is 0 Å². The van der Waals surface area contributed by atoms with Crippen LogP contribution in [0.15, 0.2) is 42.5 Å². The molecule has 2 aromatic carbocycles. The smallest absolute Gasteiger partial charge is 0.163 e. The fraction of sp³-hybridized carbons (Fsp3) is 0.480. The molecule has 2 aliphatic rings. The van der Waals surface area contributed by atoms with Crippen LogP contribution in [0.3, 0.4) is 0 Å². The Morgan fingerprint density at radius 1 is 1.13 bits per heavy atom.